The van der Waals surface area contributed by atoms with Crippen molar-refractivity contribution < 1.29 is 19.4 Å². The minimum Gasteiger partial charge on any atom is -0.493 e. The maximum absolute atomic E-state index is 11.7. The van der Waals surface area contributed by atoms with Crippen LogP contribution in [0.25, 0.3) is 0 Å². The molecule has 2 aromatic rings. The van der Waals surface area contributed by atoms with Gasteiger partial charge in [-0.3, -0.25) is 9.69 Å². The summed E-state index contributed by atoms with van der Waals surface area (Å²) in [6.45, 7) is 0.748. The van der Waals surface area contributed by atoms with Gasteiger partial charge in [0.25, 0.3) is 0 Å². The van der Waals surface area contributed by atoms with Crippen LogP contribution in [0.2, 0.25) is 0 Å². The van der Waals surface area contributed by atoms with Crippen LogP contribution in [0.3, 0.4) is 0 Å². The topological polar surface area (TPSA) is 59.0 Å². The molecule has 5 nitrogen and oxygen atoms in total. The predicted octanol–water partition coefficient (Wildman–Crippen LogP) is 4.17. The van der Waals surface area contributed by atoms with E-state index in [9.17, 15) is 9.90 Å². The van der Waals surface area contributed by atoms with E-state index < -0.39 is 12.0 Å². The number of thiophene rings is 1. The summed E-state index contributed by atoms with van der Waals surface area (Å²) >= 11 is 5.24. The predicted molar refractivity (Wildman–Crippen MR) is 101 cm³/mol. The maximum atomic E-state index is 11.7. The summed E-state index contributed by atoms with van der Waals surface area (Å²) in [5.74, 6) is 0.500. The molecule has 0 radical (unpaired) electrons. The van der Waals surface area contributed by atoms with Gasteiger partial charge in [-0.1, -0.05) is 15.9 Å². The van der Waals surface area contributed by atoms with Crippen LogP contribution in [0.1, 0.15) is 30.0 Å². The van der Waals surface area contributed by atoms with Gasteiger partial charge in [0.2, 0.25) is 0 Å². The lowest BCUT2D eigenvalue weighted by Crippen LogP contribution is -2.39. The Labute approximate surface area is 159 Å². The summed E-state index contributed by atoms with van der Waals surface area (Å²) < 4.78 is 11.7. The number of halogens is 1. The van der Waals surface area contributed by atoms with Crippen LogP contribution in [0.4, 0.5) is 0 Å². The van der Waals surface area contributed by atoms with E-state index in [2.05, 4.69) is 32.3 Å². The second-order valence-electron chi connectivity index (χ2n) is 5.92. The molecule has 0 saturated carbocycles. The SMILES string of the molecule is COc1cc(Br)c(C(c2ccsc2)N2CCCC2C(=O)O)cc1OC. The van der Waals surface area contributed by atoms with Crippen LogP contribution in [0.15, 0.2) is 33.4 Å². The first-order chi connectivity index (χ1) is 12.1. The lowest BCUT2D eigenvalue weighted by atomic mass is 9.98. The van der Waals surface area contributed by atoms with E-state index in [0.29, 0.717) is 17.9 Å². The number of hydrogen-bond donors (Lipinski definition) is 1. The molecule has 1 fully saturated rings. The second kappa shape index (κ2) is 7.76. The fourth-order valence-electron chi connectivity index (χ4n) is 3.42. The highest BCUT2D eigenvalue weighted by molar-refractivity contribution is 9.10. The summed E-state index contributed by atoms with van der Waals surface area (Å²) in [5.41, 5.74) is 2.07. The van der Waals surface area contributed by atoms with Crippen molar-refractivity contribution in [2.24, 2.45) is 0 Å². The third-order valence-corrected chi connectivity index (χ3v) is 5.96. The van der Waals surface area contributed by atoms with Gasteiger partial charge in [-0.05, 0) is 52.9 Å². The van der Waals surface area contributed by atoms with Crippen LogP contribution in [-0.2, 0) is 4.79 Å². The highest BCUT2D eigenvalue weighted by atomic mass is 79.9. The van der Waals surface area contributed by atoms with Crippen molar-refractivity contribution >= 4 is 33.2 Å². The molecule has 0 bridgehead atoms. The van der Waals surface area contributed by atoms with Gasteiger partial charge < -0.3 is 14.6 Å². The molecule has 1 aliphatic heterocycles. The van der Waals surface area contributed by atoms with E-state index in [1.807, 2.05) is 17.5 Å². The van der Waals surface area contributed by atoms with Crippen molar-refractivity contribution in [3.05, 3.63) is 44.6 Å². The number of aliphatic carboxylic acids is 1. The second-order valence-corrected chi connectivity index (χ2v) is 7.56. The van der Waals surface area contributed by atoms with Crippen molar-refractivity contribution in [1.82, 2.24) is 4.90 Å². The highest BCUT2D eigenvalue weighted by Gasteiger charge is 2.38. The van der Waals surface area contributed by atoms with Gasteiger partial charge in [-0.15, -0.1) is 0 Å². The van der Waals surface area contributed by atoms with Gasteiger partial charge in [0, 0.05) is 11.0 Å². The molecule has 1 aromatic heterocycles. The first-order valence-electron chi connectivity index (χ1n) is 7.99. The average molecular weight is 426 g/mol. The molecule has 7 heteroatoms. The van der Waals surface area contributed by atoms with E-state index >= 15 is 0 Å². The van der Waals surface area contributed by atoms with Crippen LogP contribution in [0, 0.1) is 0 Å². The van der Waals surface area contributed by atoms with E-state index in [1.165, 1.54) is 0 Å². The average Bonchev–Trinajstić information content (AvgIpc) is 3.28. The fraction of sp³-hybridized carbons (Fsp3) is 0.389. The van der Waals surface area contributed by atoms with E-state index in [1.54, 1.807) is 25.6 Å². The van der Waals surface area contributed by atoms with E-state index in [-0.39, 0.29) is 6.04 Å². The summed E-state index contributed by atoms with van der Waals surface area (Å²) in [7, 11) is 3.20. The molecule has 0 aliphatic carbocycles. The lowest BCUT2D eigenvalue weighted by Gasteiger charge is -2.32. The Bertz CT molecular complexity index is 750. The molecule has 0 spiro atoms. The zero-order chi connectivity index (χ0) is 18.0. The third kappa shape index (κ3) is 3.54. The highest BCUT2D eigenvalue weighted by Crippen LogP contribution is 2.43. The minimum absolute atomic E-state index is 0.149. The summed E-state index contributed by atoms with van der Waals surface area (Å²) in [6.07, 6.45) is 1.55. The summed E-state index contributed by atoms with van der Waals surface area (Å²) in [6, 6.07) is 5.23. The zero-order valence-corrected chi connectivity index (χ0v) is 16.5. The Morgan fingerprint density at radius 3 is 2.68 bits per heavy atom. The van der Waals surface area contributed by atoms with E-state index in [4.69, 9.17) is 9.47 Å². The minimum atomic E-state index is -0.769. The Hall–Kier alpha value is -1.57. The molecule has 2 unspecified atom stereocenters. The maximum Gasteiger partial charge on any atom is 0.320 e. The van der Waals surface area contributed by atoms with Crippen LogP contribution in [-0.4, -0.2) is 42.8 Å². The molecule has 134 valence electrons. The molecule has 2 atom stereocenters. The first-order valence-corrected chi connectivity index (χ1v) is 9.72. The number of benzene rings is 1. The van der Waals surface area contributed by atoms with Gasteiger partial charge in [-0.2, -0.15) is 11.3 Å². The molecule has 1 N–H and O–H groups in total. The Kier molecular flexibility index (Phi) is 5.66. The largest absolute Gasteiger partial charge is 0.493 e. The van der Waals surface area contributed by atoms with Crippen molar-refractivity contribution in [1.29, 1.82) is 0 Å². The number of hydrogen-bond acceptors (Lipinski definition) is 5. The molecule has 3 rings (SSSR count). The molecule has 2 heterocycles. The normalized spacial score (nSPS) is 18.9. The molecule has 0 amide bonds. The Morgan fingerprint density at radius 1 is 1.36 bits per heavy atom. The van der Waals surface area contributed by atoms with Gasteiger partial charge in [0.15, 0.2) is 11.5 Å². The molecular weight excluding hydrogens is 406 g/mol. The van der Waals surface area contributed by atoms with Gasteiger partial charge >= 0.3 is 5.97 Å². The monoisotopic (exact) mass is 425 g/mol. The molecule has 25 heavy (non-hydrogen) atoms. The lowest BCUT2D eigenvalue weighted by molar-refractivity contribution is -0.142. The van der Waals surface area contributed by atoms with Crippen molar-refractivity contribution in [3.63, 3.8) is 0 Å². The smallest absolute Gasteiger partial charge is 0.320 e. The number of rotatable bonds is 6. The number of ether oxygens (including phenoxy) is 2. The fourth-order valence-corrected chi connectivity index (χ4v) is 4.64. The Balaban J connectivity index is 2.12. The third-order valence-electron chi connectivity index (χ3n) is 4.57. The molecule has 1 aromatic carbocycles. The van der Waals surface area contributed by atoms with Crippen molar-refractivity contribution in [3.8, 4) is 11.5 Å². The Morgan fingerprint density at radius 2 is 2.08 bits per heavy atom. The number of carboxylic acids is 1. The molecule has 1 aliphatic rings. The number of nitrogens with zero attached hydrogens (tertiary/aromatic N) is 1. The number of carbonyl (C=O) groups is 1. The first kappa shape index (κ1) is 18.2. The summed E-state index contributed by atoms with van der Waals surface area (Å²) in [4.78, 5) is 13.8. The number of likely N-dealkylation sites (tertiary alicyclic amines) is 1. The summed E-state index contributed by atoms with van der Waals surface area (Å²) in [5, 5.41) is 13.7. The number of carboxylic acid groups (broad SMARTS) is 1. The van der Waals surface area contributed by atoms with Gasteiger partial charge in [0.1, 0.15) is 6.04 Å². The number of methoxy groups -OCH3 is 2. The standard InChI is InChI=1S/C18H20BrNO4S/c1-23-15-8-12(13(19)9-16(15)24-2)17(11-5-7-25-10-11)20-6-3-4-14(20)18(21)22/h5,7-10,14,17H,3-4,6H2,1-2H3,(H,21,22). The van der Waals surface area contributed by atoms with Gasteiger partial charge in [-0.25, -0.2) is 0 Å². The van der Waals surface area contributed by atoms with Crippen LogP contribution in [0.5, 0.6) is 11.5 Å². The van der Waals surface area contributed by atoms with Crippen LogP contribution >= 0.6 is 27.3 Å². The molecule has 1 saturated heterocycles. The quantitative estimate of drug-likeness (QED) is 0.752. The van der Waals surface area contributed by atoms with Crippen LogP contribution < -0.4 is 9.47 Å². The molecular formula is C18H20BrNO4S. The zero-order valence-electron chi connectivity index (χ0n) is 14.1. The van der Waals surface area contributed by atoms with E-state index in [0.717, 1.165) is 28.6 Å². The van der Waals surface area contributed by atoms with Crippen molar-refractivity contribution in [2.45, 2.75) is 24.9 Å². The van der Waals surface area contributed by atoms with Gasteiger partial charge in [0.05, 0.1) is 20.3 Å². The van der Waals surface area contributed by atoms with Crippen molar-refractivity contribution in [2.75, 3.05) is 20.8 Å².